The van der Waals surface area contributed by atoms with Crippen LogP contribution in [0.4, 0.5) is 0 Å². The second kappa shape index (κ2) is 6.79. The van der Waals surface area contributed by atoms with Crippen molar-refractivity contribution in [3.63, 3.8) is 0 Å². The summed E-state index contributed by atoms with van der Waals surface area (Å²) in [5.74, 6) is 0.455. The molecule has 3 heterocycles. The lowest BCUT2D eigenvalue weighted by Gasteiger charge is -2.15. The van der Waals surface area contributed by atoms with Crippen LogP contribution >= 0.6 is 11.3 Å². The molecule has 0 aliphatic carbocycles. The van der Waals surface area contributed by atoms with Crippen LogP contribution in [0.2, 0.25) is 0 Å². The predicted molar refractivity (Wildman–Crippen MR) is 83.3 cm³/mol. The fraction of sp³-hybridized carbons (Fsp3) is 0.375. The van der Waals surface area contributed by atoms with Crippen LogP contribution in [-0.4, -0.2) is 29.8 Å². The molecule has 22 heavy (non-hydrogen) atoms. The van der Waals surface area contributed by atoms with Crippen molar-refractivity contribution < 1.29 is 14.0 Å². The molecule has 116 valence electrons. The van der Waals surface area contributed by atoms with Gasteiger partial charge in [-0.3, -0.25) is 9.59 Å². The number of carbonyl (C=O) groups is 2. The number of likely N-dealkylation sites (tertiary alicyclic amines) is 1. The summed E-state index contributed by atoms with van der Waals surface area (Å²) in [5, 5.41) is 7.03. The van der Waals surface area contributed by atoms with Gasteiger partial charge in [-0.05, 0) is 40.9 Å². The first-order chi connectivity index (χ1) is 10.7. The number of hydrogen-bond donors (Lipinski definition) is 1. The molecule has 1 aliphatic rings. The van der Waals surface area contributed by atoms with E-state index in [4.69, 9.17) is 4.42 Å². The van der Waals surface area contributed by atoms with Crippen molar-refractivity contribution in [3.05, 3.63) is 46.5 Å². The Labute approximate surface area is 132 Å². The van der Waals surface area contributed by atoms with Gasteiger partial charge in [0.25, 0.3) is 0 Å². The topological polar surface area (TPSA) is 62.6 Å². The van der Waals surface area contributed by atoms with E-state index in [-0.39, 0.29) is 24.2 Å². The molecule has 2 aromatic heterocycles. The summed E-state index contributed by atoms with van der Waals surface area (Å²) in [4.78, 5) is 25.8. The maximum Gasteiger partial charge on any atom is 0.225 e. The first-order valence-electron chi connectivity index (χ1n) is 7.31. The van der Waals surface area contributed by atoms with Gasteiger partial charge in [0.05, 0.1) is 18.7 Å². The van der Waals surface area contributed by atoms with Gasteiger partial charge in [-0.2, -0.15) is 11.3 Å². The lowest BCUT2D eigenvalue weighted by atomic mass is 10.1. The standard InChI is InChI=1S/C16H18N2O3S/c19-15-8-13(9-18(15)10-14-2-1-6-21-14)16(20)17-5-3-12-4-7-22-11-12/h1-2,4,6-7,11,13H,3,5,8-10H2,(H,17,20). The van der Waals surface area contributed by atoms with E-state index in [0.717, 1.165) is 12.2 Å². The molecule has 1 fully saturated rings. The molecule has 0 bridgehead atoms. The van der Waals surface area contributed by atoms with Gasteiger partial charge < -0.3 is 14.6 Å². The van der Waals surface area contributed by atoms with Gasteiger partial charge in [0.1, 0.15) is 5.76 Å². The Morgan fingerprint density at radius 1 is 1.45 bits per heavy atom. The number of thiophene rings is 1. The van der Waals surface area contributed by atoms with E-state index in [0.29, 0.717) is 19.6 Å². The predicted octanol–water partition coefficient (Wildman–Crippen LogP) is 2.05. The highest BCUT2D eigenvalue weighted by atomic mass is 32.1. The molecule has 1 N–H and O–H groups in total. The zero-order valence-corrected chi connectivity index (χ0v) is 13.0. The Hall–Kier alpha value is -2.08. The molecular weight excluding hydrogens is 300 g/mol. The lowest BCUT2D eigenvalue weighted by molar-refractivity contribution is -0.129. The molecule has 1 unspecified atom stereocenters. The molecule has 2 aromatic rings. The number of carbonyl (C=O) groups excluding carboxylic acids is 2. The average molecular weight is 318 g/mol. The zero-order chi connectivity index (χ0) is 15.4. The minimum atomic E-state index is -0.259. The molecule has 0 spiro atoms. The lowest BCUT2D eigenvalue weighted by Crippen LogP contribution is -2.34. The number of furan rings is 1. The van der Waals surface area contributed by atoms with Crippen LogP contribution < -0.4 is 5.32 Å². The summed E-state index contributed by atoms with van der Waals surface area (Å²) < 4.78 is 5.25. The molecule has 6 heteroatoms. The molecule has 3 rings (SSSR count). The Morgan fingerprint density at radius 3 is 3.09 bits per heavy atom. The molecule has 1 aliphatic heterocycles. The third-order valence-electron chi connectivity index (χ3n) is 3.81. The summed E-state index contributed by atoms with van der Waals surface area (Å²) in [6.07, 6.45) is 2.70. The Bertz CT molecular complexity index is 622. The highest BCUT2D eigenvalue weighted by Crippen LogP contribution is 2.20. The third kappa shape index (κ3) is 3.57. The van der Waals surface area contributed by atoms with Crippen molar-refractivity contribution >= 4 is 23.2 Å². The monoisotopic (exact) mass is 318 g/mol. The smallest absolute Gasteiger partial charge is 0.225 e. The van der Waals surface area contributed by atoms with Crippen LogP contribution in [0.3, 0.4) is 0 Å². The maximum absolute atomic E-state index is 12.2. The van der Waals surface area contributed by atoms with Gasteiger partial charge in [0, 0.05) is 19.5 Å². The van der Waals surface area contributed by atoms with Crippen LogP contribution in [0.5, 0.6) is 0 Å². The van der Waals surface area contributed by atoms with Crippen LogP contribution in [0, 0.1) is 5.92 Å². The summed E-state index contributed by atoms with van der Waals surface area (Å²) in [7, 11) is 0. The number of nitrogens with zero attached hydrogens (tertiary/aromatic N) is 1. The molecule has 1 saturated heterocycles. The SMILES string of the molecule is O=C(NCCc1ccsc1)C1CC(=O)N(Cc2ccco2)C1. The van der Waals surface area contributed by atoms with E-state index < -0.39 is 0 Å². The van der Waals surface area contributed by atoms with Crippen molar-refractivity contribution in [1.82, 2.24) is 10.2 Å². The van der Waals surface area contributed by atoms with Crippen molar-refractivity contribution in [2.75, 3.05) is 13.1 Å². The molecular formula is C16H18N2O3S. The molecule has 5 nitrogen and oxygen atoms in total. The average Bonchev–Trinajstić information content (AvgIpc) is 3.23. The second-order valence-corrected chi connectivity index (χ2v) is 6.21. The minimum absolute atomic E-state index is 0.00869. The van der Waals surface area contributed by atoms with Gasteiger partial charge in [-0.25, -0.2) is 0 Å². The zero-order valence-electron chi connectivity index (χ0n) is 12.2. The van der Waals surface area contributed by atoms with Crippen molar-refractivity contribution in [3.8, 4) is 0 Å². The molecule has 2 amide bonds. The van der Waals surface area contributed by atoms with E-state index >= 15 is 0 Å². The number of rotatable bonds is 6. The molecule has 0 saturated carbocycles. The fourth-order valence-corrected chi connectivity index (χ4v) is 3.30. The number of nitrogens with one attached hydrogen (secondary N) is 1. The van der Waals surface area contributed by atoms with Crippen LogP contribution in [0.1, 0.15) is 17.7 Å². The van der Waals surface area contributed by atoms with Crippen molar-refractivity contribution in [2.45, 2.75) is 19.4 Å². The highest BCUT2D eigenvalue weighted by molar-refractivity contribution is 7.07. The Morgan fingerprint density at radius 2 is 2.36 bits per heavy atom. The maximum atomic E-state index is 12.2. The van der Waals surface area contributed by atoms with Gasteiger partial charge in [0.15, 0.2) is 0 Å². The van der Waals surface area contributed by atoms with E-state index in [1.165, 1.54) is 5.56 Å². The van der Waals surface area contributed by atoms with E-state index in [2.05, 4.69) is 16.8 Å². The summed E-state index contributed by atoms with van der Waals surface area (Å²) in [6, 6.07) is 5.69. The van der Waals surface area contributed by atoms with Gasteiger partial charge in [0.2, 0.25) is 11.8 Å². The van der Waals surface area contributed by atoms with E-state index in [1.807, 2.05) is 11.4 Å². The van der Waals surface area contributed by atoms with Crippen LogP contribution in [0.25, 0.3) is 0 Å². The van der Waals surface area contributed by atoms with Gasteiger partial charge in [-0.1, -0.05) is 0 Å². The first kappa shape index (κ1) is 14.8. The molecule has 0 radical (unpaired) electrons. The quantitative estimate of drug-likeness (QED) is 0.886. The molecule has 1 atom stereocenters. The van der Waals surface area contributed by atoms with Gasteiger partial charge in [-0.15, -0.1) is 0 Å². The molecule has 0 aromatic carbocycles. The Kier molecular flexibility index (Phi) is 4.58. The van der Waals surface area contributed by atoms with E-state index in [9.17, 15) is 9.59 Å². The van der Waals surface area contributed by atoms with Crippen LogP contribution in [0.15, 0.2) is 39.6 Å². The van der Waals surface area contributed by atoms with Gasteiger partial charge >= 0.3 is 0 Å². The van der Waals surface area contributed by atoms with Crippen LogP contribution in [-0.2, 0) is 22.6 Å². The summed E-state index contributed by atoms with van der Waals surface area (Å²) in [5.41, 5.74) is 1.23. The summed E-state index contributed by atoms with van der Waals surface area (Å²) >= 11 is 1.65. The van der Waals surface area contributed by atoms with Crippen molar-refractivity contribution in [1.29, 1.82) is 0 Å². The third-order valence-corrected chi connectivity index (χ3v) is 4.54. The second-order valence-electron chi connectivity index (χ2n) is 5.43. The number of amides is 2. The van der Waals surface area contributed by atoms with Crippen molar-refractivity contribution in [2.24, 2.45) is 5.92 Å². The first-order valence-corrected chi connectivity index (χ1v) is 8.25. The fourth-order valence-electron chi connectivity index (χ4n) is 2.60. The minimum Gasteiger partial charge on any atom is -0.467 e. The Balaban J connectivity index is 1.46. The normalized spacial score (nSPS) is 17.9. The summed E-state index contributed by atoms with van der Waals surface area (Å²) in [6.45, 7) is 1.51. The van der Waals surface area contributed by atoms with E-state index in [1.54, 1.807) is 28.6 Å². The highest BCUT2D eigenvalue weighted by Gasteiger charge is 2.34. The number of hydrogen-bond acceptors (Lipinski definition) is 4. The largest absolute Gasteiger partial charge is 0.467 e.